The van der Waals surface area contributed by atoms with Crippen LogP contribution in [-0.4, -0.2) is 31.7 Å². The van der Waals surface area contributed by atoms with Crippen molar-refractivity contribution in [2.75, 3.05) is 6.61 Å². The molecule has 0 aliphatic carbocycles. The van der Waals surface area contributed by atoms with Crippen molar-refractivity contribution in [1.82, 2.24) is 3.97 Å². The average Bonchev–Trinajstić information content (AvgIpc) is 2.93. The SMILES string of the molecule is CC1(C)COB(c2cc(Cl)n(S(=O)(=O)Cc3ccccc3)c2)OC1(C)C. The molecule has 0 bridgehead atoms. The summed E-state index contributed by atoms with van der Waals surface area (Å²) in [6, 6.07) is 10.6. The number of halogens is 1. The summed E-state index contributed by atoms with van der Waals surface area (Å²) in [6.07, 6.45) is 1.49. The highest BCUT2D eigenvalue weighted by Crippen LogP contribution is 2.38. The first-order valence-electron chi connectivity index (χ1n) is 8.46. The van der Waals surface area contributed by atoms with Crippen molar-refractivity contribution >= 4 is 34.2 Å². The second-order valence-electron chi connectivity index (χ2n) is 7.79. The van der Waals surface area contributed by atoms with Gasteiger partial charge < -0.3 is 9.31 Å². The van der Waals surface area contributed by atoms with Crippen LogP contribution in [0.5, 0.6) is 0 Å². The van der Waals surface area contributed by atoms with Gasteiger partial charge in [0, 0.05) is 23.7 Å². The zero-order chi connectivity index (χ0) is 19.2. The fourth-order valence-electron chi connectivity index (χ4n) is 2.72. The molecule has 0 N–H and O–H groups in total. The Kier molecular flexibility index (Phi) is 5.03. The van der Waals surface area contributed by atoms with Crippen molar-refractivity contribution in [1.29, 1.82) is 0 Å². The molecule has 1 aliphatic rings. The Bertz CT molecular complexity index is 893. The molecule has 8 heteroatoms. The molecule has 0 radical (unpaired) electrons. The van der Waals surface area contributed by atoms with Gasteiger partial charge in [-0.05, 0) is 25.5 Å². The minimum atomic E-state index is -3.64. The normalized spacial score (nSPS) is 19.5. The van der Waals surface area contributed by atoms with E-state index in [1.165, 1.54) is 6.20 Å². The zero-order valence-electron chi connectivity index (χ0n) is 15.4. The fraction of sp³-hybridized carbons (Fsp3) is 0.444. The van der Waals surface area contributed by atoms with E-state index in [-0.39, 0.29) is 16.3 Å². The Hall–Kier alpha value is -1.28. The van der Waals surface area contributed by atoms with E-state index < -0.39 is 22.7 Å². The summed E-state index contributed by atoms with van der Waals surface area (Å²) >= 11 is 6.21. The molecule has 5 nitrogen and oxygen atoms in total. The molecule has 1 aliphatic heterocycles. The van der Waals surface area contributed by atoms with Crippen LogP contribution in [0.4, 0.5) is 0 Å². The van der Waals surface area contributed by atoms with Crippen molar-refractivity contribution < 1.29 is 17.7 Å². The number of rotatable bonds is 4. The smallest absolute Gasteiger partial charge is 0.407 e. The largest absolute Gasteiger partial charge is 0.495 e. The topological polar surface area (TPSA) is 57.5 Å². The van der Waals surface area contributed by atoms with Crippen LogP contribution in [0.3, 0.4) is 0 Å². The molecule has 1 aromatic carbocycles. The van der Waals surface area contributed by atoms with Gasteiger partial charge in [0.2, 0.25) is 10.0 Å². The predicted octanol–water partition coefficient (Wildman–Crippen LogP) is 3.07. The molecule has 1 aromatic heterocycles. The highest BCUT2D eigenvalue weighted by atomic mass is 35.5. The molecule has 0 amide bonds. The Morgan fingerprint density at radius 3 is 2.46 bits per heavy atom. The molecule has 1 fully saturated rings. The van der Waals surface area contributed by atoms with Gasteiger partial charge >= 0.3 is 7.12 Å². The molecule has 0 spiro atoms. The van der Waals surface area contributed by atoms with Gasteiger partial charge in [0.1, 0.15) is 5.15 Å². The van der Waals surface area contributed by atoms with Crippen LogP contribution in [0.1, 0.15) is 33.3 Å². The van der Waals surface area contributed by atoms with E-state index in [0.29, 0.717) is 17.6 Å². The Balaban J connectivity index is 1.86. The van der Waals surface area contributed by atoms with Crippen molar-refractivity contribution in [2.24, 2.45) is 5.41 Å². The van der Waals surface area contributed by atoms with E-state index in [1.807, 2.05) is 19.9 Å². The third-order valence-electron chi connectivity index (χ3n) is 5.15. The van der Waals surface area contributed by atoms with Gasteiger partial charge in [0.05, 0.1) is 11.4 Å². The first kappa shape index (κ1) is 19.5. The van der Waals surface area contributed by atoms with E-state index in [4.69, 9.17) is 20.9 Å². The molecule has 3 rings (SSSR count). The van der Waals surface area contributed by atoms with Gasteiger partial charge in [-0.2, -0.15) is 0 Å². The Morgan fingerprint density at radius 1 is 1.19 bits per heavy atom. The van der Waals surface area contributed by atoms with Crippen molar-refractivity contribution in [3.8, 4) is 0 Å². The lowest BCUT2D eigenvalue weighted by Crippen LogP contribution is -2.58. The minimum absolute atomic E-state index is 0.116. The zero-order valence-corrected chi connectivity index (χ0v) is 17.0. The fourth-order valence-corrected chi connectivity index (χ4v) is 4.56. The monoisotopic (exact) mass is 395 g/mol. The standard InChI is InChI=1S/C18H23BClNO4S/c1-17(2)13-24-19(25-18(17,3)4)15-10-16(20)21(11-15)26(22,23)12-14-8-6-5-7-9-14/h5-11H,12-13H2,1-4H3. The maximum Gasteiger partial charge on any atom is 0.495 e. The Labute approximate surface area is 160 Å². The van der Waals surface area contributed by atoms with Crippen LogP contribution in [0.2, 0.25) is 5.15 Å². The van der Waals surface area contributed by atoms with Crippen molar-refractivity contribution in [3.63, 3.8) is 0 Å². The van der Waals surface area contributed by atoms with Crippen LogP contribution in [-0.2, 0) is 25.1 Å². The first-order valence-corrected chi connectivity index (χ1v) is 10.4. The number of benzene rings is 1. The van der Waals surface area contributed by atoms with Crippen LogP contribution in [0.25, 0.3) is 0 Å². The van der Waals surface area contributed by atoms with Gasteiger partial charge in [-0.3, -0.25) is 0 Å². The van der Waals surface area contributed by atoms with Crippen LogP contribution in [0.15, 0.2) is 42.6 Å². The molecular formula is C18H23BClNO4S. The average molecular weight is 396 g/mol. The van der Waals surface area contributed by atoms with Crippen LogP contribution in [0, 0.1) is 5.41 Å². The van der Waals surface area contributed by atoms with Gasteiger partial charge in [0.15, 0.2) is 0 Å². The van der Waals surface area contributed by atoms with Gasteiger partial charge in [-0.1, -0.05) is 55.8 Å². The molecule has 0 saturated carbocycles. The van der Waals surface area contributed by atoms with E-state index in [0.717, 1.165) is 3.97 Å². The number of hydrogen-bond donors (Lipinski definition) is 0. The lowest BCUT2D eigenvalue weighted by Gasteiger charge is -2.47. The summed E-state index contributed by atoms with van der Waals surface area (Å²) in [5.74, 6) is -0.132. The molecule has 26 heavy (non-hydrogen) atoms. The molecular weight excluding hydrogens is 373 g/mol. The van der Waals surface area contributed by atoms with Gasteiger partial charge in [-0.25, -0.2) is 12.4 Å². The van der Waals surface area contributed by atoms with E-state index in [1.54, 1.807) is 30.3 Å². The molecule has 0 atom stereocenters. The van der Waals surface area contributed by atoms with Crippen molar-refractivity contribution in [3.05, 3.63) is 53.3 Å². The second kappa shape index (κ2) is 6.71. The van der Waals surface area contributed by atoms with Gasteiger partial charge in [-0.15, -0.1) is 0 Å². The maximum atomic E-state index is 12.7. The maximum absolute atomic E-state index is 12.7. The summed E-state index contributed by atoms with van der Waals surface area (Å²) in [5, 5.41) is 0.116. The van der Waals surface area contributed by atoms with Gasteiger partial charge in [0.25, 0.3) is 0 Å². The van der Waals surface area contributed by atoms with E-state index >= 15 is 0 Å². The minimum Gasteiger partial charge on any atom is -0.407 e. The summed E-state index contributed by atoms with van der Waals surface area (Å²) in [4.78, 5) is 0. The third kappa shape index (κ3) is 3.72. The quantitative estimate of drug-likeness (QED) is 0.747. The highest BCUT2D eigenvalue weighted by molar-refractivity contribution is 7.89. The van der Waals surface area contributed by atoms with E-state index in [2.05, 4.69) is 13.8 Å². The lowest BCUT2D eigenvalue weighted by atomic mass is 9.70. The highest BCUT2D eigenvalue weighted by Gasteiger charge is 2.47. The summed E-state index contributed by atoms with van der Waals surface area (Å²) in [7, 11) is -4.29. The number of aromatic nitrogens is 1. The lowest BCUT2D eigenvalue weighted by molar-refractivity contribution is -0.0937. The number of hydrogen-bond acceptors (Lipinski definition) is 4. The molecule has 0 unspecified atom stereocenters. The Morgan fingerprint density at radius 2 is 1.85 bits per heavy atom. The van der Waals surface area contributed by atoms with E-state index in [9.17, 15) is 8.42 Å². The molecule has 2 aromatic rings. The second-order valence-corrected chi connectivity index (χ2v) is 10.0. The predicted molar refractivity (Wildman–Crippen MR) is 104 cm³/mol. The van der Waals surface area contributed by atoms with Crippen LogP contribution < -0.4 is 5.46 Å². The molecule has 2 heterocycles. The summed E-state index contributed by atoms with van der Waals surface area (Å²) < 4.78 is 38.5. The van der Waals surface area contributed by atoms with Crippen molar-refractivity contribution in [2.45, 2.75) is 39.0 Å². The summed E-state index contributed by atoms with van der Waals surface area (Å²) in [5.41, 5.74) is 0.713. The first-order chi connectivity index (χ1) is 12.0. The number of nitrogens with zero attached hydrogens (tertiary/aromatic N) is 1. The summed E-state index contributed by atoms with van der Waals surface area (Å²) in [6.45, 7) is 8.67. The van der Waals surface area contributed by atoms with Crippen LogP contribution >= 0.6 is 11.6 Å². The molecule has 1 saturated heterocycles. The molecule has 140 valence electrons. The third-order valence-corrected chi connectivity index (χ3v) is 7.14.